The van der Waals surface area contributed by atoms with E-state index in [9.17, 15) is 21.6 Å². The molecule has 1 amide bonds. The lowest BCUT2D eigenvalue weighted by Gasteiger charge is -2.39. The molecule has 1 aromatic carbocycles. The summed E-state index contributed by atoms with van der Waals surface area (Å²) in [5.74, 6) is 0.307. The summed E-state index contributed by atoms with van der Waals surface area (Å²) in [4.78, 5) is 17.6. The molecule has 0 radical (unpaired) electrons. The van der Waals surface area contributed by atoms with Gasteiger partial charge < -0.3 is 4.90 Å². The van der Waals surface area contributed by atoms with E-state index in [2.05, 4.69) is 4.90 Å². The van der Waals surface area contributed by atoms with Crippen LogP contribution in [-0.4, -0.2) is 93.2 Å². The summed E-state index contributed by atoms with van der Waals surface area (Å²) in [7, 11) is -6.72. The molecule has 8 nitrogen and oxygen atoms in total. The van der Waals surface area contributed by atoms with Crippen molar-refractivity contribution in [2.24, 2.45) is 0 Å². The number of amides is 1. The smallest absolute Gasteiger partial charge is 0.244 e. The van der Waals surface area contributed by atoms with Crippen LogP contribution in [0.3, 0.4) is 0 Å². The summed E-state index contributed by atoms with van der Waals surface area (Å²) in [6.07, 6.45) is 1.85. The van der Waals surface area contributed by atoms with Crippen LogP contribution in [0, 0.1) is 20.8 Å². The van der Waals surface area contributed by atoms with Gasteiger partial charge in [-0.25, -0.2) is 16.8 Å². The molecule has 32 heavy (non-hydrogen) atoms. The number of carbonyl (C=O) groups excluding carboxylic acids is 1. The Kier molecular flexibility index (Phi) is 6.43. The van der Waals surface area contributed by atoms with Crippen LogP contribution in [0.5, 0.6) is 0 Å². The minimum Gasteiger partial charge on any atom is -0.339 e. The first-order valence-corrected chi connectivity index (χ1v) is 14.6. The Bertz CT molecular complexity index is 1090. The molecule has 0 bridgehead atoms. The third kappa shape index (κ3) is 4.47. The fraction of sp³-hybridized carbons (Fsp3) is 0.682. The first-order valence-electron chi connectivity index (χ1n) is 11.3. The molecule has 3 fully saturated rings. The van der Waals surface area contributed by atoms with Crippen molar-refractivity contribution in [1.82, 2.24) is 14.1 Å². The minimum absolute atomic E-state index is 0.0353. The Morgan fingerprint density at radius 1 is 0.969 bits per heavy atom. The van der Waals surface area contributed by atoms with Crippen molar-refractivity contribution in [3.05, 3.63) is 28.8 Å². The summed E-state index contributed by atoms with van der Waals surface area (Å²) >= 11 is 0. The maximum atomic E-state index is 13.6. The van der Waals surface area contributed by atoms with Crippen molar-refractivity contribution in [3.8, 4) is 0 Å². The number of rotatable bonds is 4. The fourth-order valence-corrected chi connectivity index (χ4v) is 9.37. The first kappa shape index (κ1) is 23.7. The monoisotopic (exact) mass is 483 g/mol. The highest BCUT2D eigenvalue weighted by Crippen LogP contribution is 2.31. The fourth-order valence-electron chi connectivity index (χ4n) is 5.55. The SMILES string of the molecule is Cc1cc(C)c(S(=O)(=O)N2CCCC2C(=O)N2CCN(C3CCS(=O)(=O)C3)CC2)c(C)c1. The Labute approximate surface area is 191 Å². The van der Waals surface area contributed by atoms with Crippen LogP contribution in [0.25, 0.3) is 0 Å². The Morgan fingerprint density at radius 2 is 1.59 bits per heavy atom. The first-order chi connectivity index (χ1) is 15.0. The second-order valence-corrected chi connectivity index (χ2v) is 13.5. The van der Waals surface area contributed by atoms with Crippen LogP contribution in [0.2, 0.25) is 0 Å². The van der Waals surface area contributed by atoms with E-state index in [1.54, 1.807) is 4.90 Å². The van der Waals surface area contributed by atoms with Crippen LogP contribution >= 0.6 is 0 Å². The van der Waals surface area contributed by atoms with Gasteiger partial charge in [0.2, 0.25) is 15.9 Å². The lowest BCUT2D eigenvalue weighted by atomic mass is 10.1. The number of nitrogens with zero attached hydrogens (tertiary/aromatic N) is 3. The predicted molar refractivity (Wildman–Crippen MR) is 123 cm³/mol. The van der Waals surface area contributed by atoms with E-state index in [4.69, 9.17) is 0 Å². The molecule has 10 heteroatoms. The molecule has 0 N–H and O–H groups in total. The van der Waals surface area contributed by atoms with Gasteiger partial charge in [0.05, 0.1) is 16.4 Å². The average Bonchev–Trinajstić information content (AvgIpc) is 3.33. The molecule has 178 valence electrons. The summed E-state index contributed by atoms with van der Waals surface area (Å²) in [6, 6.07) is 3.11. The van der Waals surface area contributed by atoms with Crippen LogP contribution in [0.15, 0.2) is 17.0 Å². The van der Waals surface area contributed by atoms with Gasteiger partial charge in [-0.15, -0.1) is 0 Å². The van der Waals surface area contributed by atoms with Crippen molar-refractivity contribution in [1.29, 1.82) is 0 Å². The van der Waals surface area contributed by atoms with Crippen molar-refractivity contribution < 1.29 is 21.6 Å². The quantitative estimate of drug-likeness (QED) is 0.636. The molecule has 3 heterocycles. The summed E-state index contributed by atoms with van der Waals surface area (Å²) in [6.45, 7) is 8.17. The maximum absolute atomic E-state index is 13.6. The predicted octanol–water partition coefficient (Wildman–Crippen LogP) is 1.10. The van der Waals surface area contributed by atoms with Crippen LogP contribution < -0.4 is 0 Å². The summed E-state index contributed by atoms with van der Waals surface area (Å²) in [5.41, 5.74) is 2.43. The number of benzene rings is 1. The maximum Gasteiger partial charge on any atom is 0.244 e. The number of piperazine rings is 1. The van der Waals surface area contributed by atoms with E-state index in [-0.39, 0.29) is 23.5 Å². The van der Waals surface area contributed by atoms with Crippen molar-refractivity contribution in [3.63, 3.8) is 0 Å². The molecule has 0 aliphatic carbocycles. The van der Waals surface area contributed by atoms with Gasteiger partial charge in [-0.05, 0) is 51.2 Å². The third-order valence-corrected chi connectivity index (χ3v) is 11.0. The van der Waals surface area contributed by atoms with Crippen LogP contribution in [0.1, 0.15) is 36.0 Å². The number of sulfone groups is 1. The lowest BCUT2D eigenvalue weighted by Crippen LogP contribution is -2.56. The molecule has 3 aliphatic heterocycles. The largest absolute Gasteiger partial charge is 0.339 e. The number of hydrogen-bond donors (Lipinski definition) is 0. The second kappa shape index (κ2) is 8.70. The summed E-state index contributed by atoms with van der Waals surface area (Å²) in [5, 5.41) is 0. The molecule has 2 unspecified atom stereocenters. The van der Waals surface area contributed by atoms with E-state index in [1.165, 1.54) is 4.31 Å². The molecule has 0 aromatic heterocycles. The molecule has 0 saturated carbocycles. The Hall–Kier alpha value is -1.49. The average molecular weight is 484 g/mol. The van der Waals surface area contributed by atoms with Crippen molar-refractivity contribution >= 4 is 25.8 Å². The summed E-state index contributed by atoms with van der Waals surface area (Å²) < 4.78 is 52.1. The van der Waals surface area contributed by atoms with Crippen LogP contribution in [0.4, 0.5) is 0 Å². The van der Waals surface area contributed by atoms with Gasteiger partial charge >= 0.3 is 0 Å². The number of hydrogen-bond acceptors (Lipinski definition) is 6. The van der Waals surface area contributed by atoms with Gasteiger partial charge in [0, 0.05) is 38.8 Å². The molecule has 3 saturated heterocycles. The molecule has 0 spiro atoms. The van der Waals surface area contributed by atoms with Gasteiger partial charge in [0.1, 0.15) is 6.04 Å². The van der Waals surface area contributed by atoms with Gasteiger partial charge in [0.15, 0.2) is 9.84 Å². The Morgan fingerprint density at radius 3 is 2.16 bits per heavy atom. The molecular formula is C22H33N3O5S2. The van der Waals surface area contributed by atoms with E-state index >= 15 is 0 Å². The highest BCUT2D eigenvalue weighted by Gasteiger charge is 2.43. The van der Waals surface area contributed by atoms with Crippen LogP contribution in [-0.2, 0) is 24.7 Å². The second-order valence-electron chi connectivity index (χ2n) is 9.42. The zero-order chi connectivity index (χ0) is 23.3. The third-order valence-electron chi connectivity index (χ3n) is 7.01. The Balaban J connectivity index is 1.47. The normalized spacial score (nSPS) is 27.2. The van der Waals surface area contributed by atoms with Gasteiger partial charge in [-0.3, -0.25) is 9.69 Å². The lowest BCUT2D eigenvalue weighted by molar-refractivity contribution is -0.136. The van der Waals surface area contributed by atoms with E-state index in [1.807, 2.05) is 32.9 Å². The molecule has 2 atom stereocenters. The molecule has 1 aromatic rings. The molecular weight excluding hydrogens is 450 g/mol. The molecule has 4 rings (SSSR count). The molecule has 3 aliphatic rings. The highest BCUT2D eigenvalue weighted by molar-refractivity contribution is 7.91. The van der Waals surface area contributed by atoms with Gasteiger partial charge in [0.25, 0.3) is 0 Å². The van der Waals surface area contributed by atoms with E-state index in [0.717, 1.165) is 5.56 Å². The number of carbonyl (C=O) groups is 1. The van der Waals surface area contributed by atoms with Crippen molar-refractivity contribution in [2.75, 3.05) is 44.2 Å². The number of sulfonamides is 1. The van der Waals surface area contributed by atoms with Crippen molar-refractivity contribution in [2.45, 2.75) is 57.0 Å². The topological polar surface area (TPSA) is 95.1 Å². The van der Waals surface area contributed by atoms with E-state index < -0.39 is 25.9 Å². The standard InChI is InChI=1S/C22H33N3O5S2/c1-16-13-17(2)21(18(3)14-16)32(29,30)25-7-4-5-20(25)22(26)24-10-8-23(9-11-24)19-6-12-31(27,28)15-19/h13-14,19-20H,4-12,15H2,1-3H3. The van der Waals surface area contributed by atoms with E-state index in [0.29, 0.717) is 68.0 Å². The zero-order valence-corrected chi connectivity index (χ0v) is 20.7. The minimum atomic E-state index is -3.78. The number of aryl methyl sites for hydroxylation is 3. The zero-order valence-electron chi connectivity index (χ0n) is 19.1. The highest BCUT2D eigenvalue weighted by atomic mass is 32.2. The van der Waals surface area contributed by atoms with Gasteiger partial charge in [-0.2, -0.15) is 4.31 Å². The van der Waals surface area contributed by atoms with Gasteiger partial charge in [-0.1, -0.05) is 17.7 Å².